The van der Waals surface area contributed by atoms with E-state index < -0.39 is 0 Å². The Hall–Kier alpha value is -4.82. The Morgan fingerprint density at radius 3 is 2.46 bits per heavy atom. The van der Waals surface area contributed by atoms with Crippen LogP contribution >= 0.6 is 11.3 Å². The minimum atomic E-state index is -0.161. The Balaban J connectivity index is 1.38. The van der Waals surface area contributed by atoms with Gasteiger partial charge in [0.25, 0.3) is 5.91 Å². The van der Waals surface area contributed by atoms with Crippen LogP contribution in [0.15, 0.2) is 97.3 Å². The number of thiazole rings is 1. The molecule has 1 aliphatic rings. The van der Waals surface area contributed by atoms with Crippen LogP contribution in [0.25, 0.3) is 32.4 Å². The molecule has 7 nitrogen and oxygen atoms in total. The number of carbonyl (C=O) groups excluding carboxylic acids is 1. The second-order valence-electron chi connectivity index (χ2n) is 9.15. The normalized spacial score (nSPS) is 12.5. The fourth-order valence-electron chi connectivity index (χ4n) is 4.72. The number of nitrogens with zero attached hydrogens (tertiary/aromatic N) is 4. The fraction of sp³-hybridized carbons (Fsp3) is 0.0968. The lowest BCUT2D eigenvalue weighted by atomic mass is 10.0. The summed E-state index contributed by atoms with van der Waals surface area (Å²) in [6, 6.07) is 27.2. The van der Waals surface area contributed by atoms with Crippen molar-refractivity contribution < 1.29 is 14.3 Å². The highest BCUT2D eigenvalue weighted by atomic mass is 32.1. The van der Waals surface area contributed by atoms with Crippen molar-refractivity contribution in [3.63, 3.8) is 0 Å². The van der Waals surface area contributed by atoms with Crippen LogP contribution in [0.4, 0.5) is 5.13 Å². The van der Waals surface area contributed by atoms with Gasteiger partial charge in [-0.05, 0) is 23.8 Å². The number of aromatic nitrogens is 3. The Bertz CT molecular complexity index is 1780. The number of benzene rings is 3. The molecule has 0 bridgehead atoms. The second kappa shape index (κ2) is 9.81. The Morgan fingerprint density at radius 2 is 1.64 bits per heavy atom. The van der Waals surface area contributed by atoms with Gasteiger partial charge in [0.1, 0.15) is 13.2 Å². The summed E-state index contributed by atoms with van der Waals surface area (Å²) in [7, 11) is 0. The first kappa shape index (κ1) is 23.3. The second-order valence-corrected chi connectivity index (χ2v) is 10.2. The van der Waals surface area contributed by atoms with Gasteiger partial charge in [-0.1, -0.05) is 65.9 Å². The van der Waals surface area contributed by atoms with Crippen LogP contribution in [0.3, 0.4) is 0 Å². The zero-order chi connectivity index (χ0) is 26.2. The molecule has 0 saturated heterocycles. The lowest BCUT2D eigenvalue weighted by Gasteiger charge is -2.21. The summed E-state index contributed by atoms with van der Waals surface area (Å²) < 4.78 is 12.5. The minimum absolute atomic E-state index is 0.161. The zero-order valence-corrected chi connectivity index (χ0v) is 21.6. The Labute approximate surface area is 228 Å². The van der Waals surface area contributed by atoms with E-state index in [2.05, 4.69) is 4.98 Å². The van der Waals surface area contributed by atoms with E-state index in [0.29, 0.717) is 42.0 Å². The molecular weight excluding hydrogens is 508 g/mol. The van der Waals surface area contributed by atoms with Gasteiger partial charge in [-0.15, -0.1) is 0 Å². The average Bonchev–Trinajstić information content (AvgIpc) is 3.41. The summed E-state index contributed by atoms with van der Waals surface area (Å²) in [5.41, 5.74) is 4.67. The first-order valence-corrected chi connectivity index (χ1v) is 13.4. The lowest BCUT2D eigenvalue weighted by molar-refractivity contribution is 0.0986. The molecular formula is C31H22N4O3S. The van der Waals surface area contributed by atoms with Gasteiger partial charge < -0.3 is 9.47 Å². The van der Waals surface area contributed by atoms with Gasteiger partial charge in [0.2, 0.25) is 0 Å². The van der Waals surface area contributed by atoms with E-state index in [1.807, 2.05) is 84.9 Å². The van der Waals surface area contributed by atoms with Crippen molar-refractivity contribution >= 4 is 43.5 Å². The van der Waals surface area contributed by atoms with E-state index in [1.165, 1.54) is 11.3 Å². The first-order valence-electron chi connectivity index (χ1n) is 12.6. The Morgan fingerprint density at radius 1 is 0.846 bits per heavy atom. The maximum absolute atomic E-state index is 14.5. The molecule has 0 saturated carbocycles. The number of hydrogen-bond acceptors (Lipinski definition) is 7. The van der Waals surface area contributed by atoms with E-state index in [4.69, 9.17) is 19.4 Å². The van der Waals surface area contributed by atoms with Crippen molar-refractivity contribution in [3.8, 4) is 22.8 Å². The van der Waals surface area contributed by atoms with Crippen LogP contribution in [-0.4, -0.2) is 34.1 Å². The van der Waals surface area contributed by atoms with Crippen molar-refractivity contribution in [3.05, 3.63) is 108 Å². The molecule has 39 heavy (non-hydrogen) atoms. The molecule has 3 aromatic carbocycles. The third-order valence-electron chi connectivity index (χ3n) is 6.60. The molecule has 1 aliphatic heterocycles. The molecule has 7 rings (SSSR count). The van der Waals surface area contributed by atoms with Crippen molar-refractivity contribution in [2.24, 2.45) is 0 Å². The number of ether oxygens (including phenoxy) is 2. The smallest absolute Gasteiger partial charge is 0.261 e. The summed E-state index contributed by atoms with van der Waals surface area (Å²) in [5, 5.41) is 1.38. The highest BCUT2D eigenvalue weighted by molar-refractivity contribution is 7.22. The van der Waals surface area contributed by atoms with Crippen LogP contribution in [0.2, 0.25) is 0 Å². The van der Waals surface area contributed by atoms with Gasteiger partial charge >= 0.3 is 0 Å². The molecule has 0 fully saturated rings. The van der Waals surface area contributed by atoms with E-state index in [1.54, 1.807) is 17.3 Å². The first-order chi connectivity index (χ1) is 19.2. The number of anilines is 1. The predicted molar refractivity (Wildman–Crippen MR) is 153 cm³/mol. The molecule has 0 N–H and O–H groups in total. The molecule has 6 aromatic rings. The van der Waals surface area contributed by atoms with Crippen LogP contribution in [0, 0.1) is 0 Å². The van der Waals surface area contributed by atoms with Crippen molar-refractivity contribution in [2.45, 2.75) is 6.54 Å². The van der Waals surface area contributed by atoms with Gasteiger partial charge in [0, 0.05) is 35.5 Å². The highest BCUT2D eigenvalue weighted by Gasteiger charge is 2.25. The number of hydrogen-bond donors (Lipinski definition) is 0. The van der Waals surface area contributed by atoms with Gasteiger partial charge in [-0.2, -0.15) is 0 Å². The molecule has 4 heterocycles. The van der Waals surface area contributed by atoms with Gasteiger partial charge in [-0.25, -0.2) is 9.97 Å². The van der Waals surface area contributed by atoms with E-state index in [9.17, 15) is 4.79 Å². The third kappa shape index (κ3) is 4.45. The SMILES string of the molecule is O=C(c1cc(-c2ccccc2)nc2ccccc12)N(Cc1cccnc1)c1nc2cc3c(cc2s1)OCCO3. The fourth-order valence-corrected chi connectivity index (χ4v) is 5.70. The standard InChI is InChI=1S/C31H22N4O3S/c36-30(23-15-25(21-8-2-1-3-9-21)33-24-11-5-4-10-22(23)24)35(19-20-7-6-12-32-18-20)31-34-26-16-27-28(17-29(26)39-31)38-14-13-37-27/h1-12,15-18H,13-14,19H2. The molecule has 0 unspecified atom stereocenters. The van der Waals surface area contributed by atoms with Crippen LogP contribution in [0.5, 0.6) is 11.5 Å². The van der Waals surface area contributed by atoms with Crippen LogP contribution < -0.4 is 14.4 Å². The van der Waals surface area contributed by atoms with E-state index >= 15 is 0 Å². The third-order valence-corrected chi connectivity index (χ3v) is 7.64. The quantitative estimate of drug-likeness (QED) is 0.252. The number of carbonyl (C=O) groups is 1. The average molecular weight is 531 g/mol. The Kier molecular flexibility index (Phi) is 5.86. The molecule has 0 spiro atoms. The largest absolute Gasteiger partial charge is 0.486 e. The molecule has 1 amide bonds. The molecule has 0 aliphatic carbocycles. The van der Waals surface area contributed by atoms with Gasteiger partial charge in [0.15, 0.2) is 16.6 Å². The predicted octanol–water partition coefficient (Wildman–Crippen LogP) is 6.52. The summed E-state index contributed by atoms with van der Waals surface area (Å²) in [6.07, 6.45) is 3.49. The van der Waals surface area contributed by atoms with E-state index in [-0.39, 0.29) is 5.91 Å². The summed E-state index contributed by atoms with van der Waals surface area (Å²) in [6.45, 7) is 1.32. The molecule has 8 heteroatoms. The van der Waals surface area contributed by atoms with Crippen molar-refractivity contribution in [2.75, 3.05) is 18.1 Å². The summed E-state index contributed by atoms with van der Waals surface area (Å²) >= 11 is 1.45. The number of rotatable bonds is 5. The topological polar surface area (TPSA) is 77.4 Å². The number of fused-ring (bicyclic) bond motifs is 3. The van der Waals surface area contributed by atoms with Crippen molar-refractivity contribution in [1.82, 2.24) is 15.0 Å². The maximum Gasteiger partial charge on any atom is 0.261 e. The monoisotopic (exact) mass is 530 g/mol. The van der Waals surface area contributed by atoms with E-state index in [0.717, 1.165) is 37.9 Å². The zero-order valence-electron chi connectivity index (χ0n) is 20.8. The van der Waals surface area contributed by atoms with Crippen LogP contribution in [-0.2, 0) is 6.54 Å². The number of pyridine rings is 2. The summed E-state index contributed by atoms with van der Waals surface area (Å²) in [4.78, 5) is 30.2. The molecule has 190 valence electrons. The number of amides is 1. The summed E-state index contributed by atoms with van der Waals surface area (Å²) in [5.74, 6) is 1.20. The lowest BCUT2D eigenvalue weighted by Crippen LogP contribution is -2.30. The van der Waals surface area contributed by atoms with Crippen molar-refractivity contribution in [1.29, 1.82) is 0 Å². The highest BCUT2D eigenvalue weighted by Crippen LogP contribution is 2.39. The molecule has 3 aromatic heterocycles. The van der Waals surface area contributed by atoms with Gasteiger partial charge in [-0.3, -0.25) is 14.7 Å². The van der Waals surface area contributed by atoms with Crippen LogP contribution in [0.1, 0.15) is 15.9 Å². The molecule has 0 atom stereocenters. The maximum atomic E-state index is 14.5. The number of para-hydroxylation sites is 1. The molecule has 0 radical (unpaired) electrons. The van der Waals surface area contributed by atoms with Gasteiger partial charge in [0.05, 0.1) is 33.5 Å². The minimum Gasteiger partial charge on any atom is -0.486 e.